The van der Waals surface area contributed by atoms with Crippen molar-refractivity contribution in [3.8, 4) is 11.5 Å². The predicted octanol–water partition coefficient (Wildman–Crippen LogP) is 4.66. The molecule has 1 N–H and O–H groups in total. The first-order valence-corrected chi connectivity index (χ1v) is 7.87. The van der Waals surface area contributed by atoms with Gasteiger partial charge in [0.15, 0.2) is 0 Å². The summed E-state index contributed by atoms with van der Waals surface area (Å²) in [6.45, 7) is 7.66. The van der Waals surface area contributed by atoms with E-state index in [0.717, 1.165) is 30.2 Å². The standard InChI is InChI=1S/C19H25NO2/c1-4-16(3)22-18-10-8-17(9-11-18)20-12-13-21-19-7-5-6-15(2)14-19/h5-11,14,16,20H,4,12-13H2,1-3H3. The molecule has 1 atom stereocenters. The molecule has 0 aliphatic heterocycles. The lowest BCUT2D eigenvalue weighted by Gasteiger charge is -2.13. The minimum absolute atomic E-state index is 0.251. The first-order chi connectivity index (χ1) is 10.7. The van der Waals surface area contributed by atoms with Crippen LogP contribution in [0.3, 0.4) is 0 Å². The highest BCUT2D eigenvalue weighted by Gasteiger charge is 2.01. The number of hydrogen-bond donors (Lipinski definition) is 1. The van der Waals surface area contributed by atoms with Gasteiger partial charge in [-0.1, -0.05) is 19.1 Å². The topological polar surface area (TPSA) is 30.5 Å². The maximum absolute atomic E-state index is 5.76. The van der Waals surface area contributed by atoms with Gasteiger partial charge in [0, 0.05) is 12.2 Å². The summed E-state index contributed by atoms with van der Waals surface area (Å²) < 4.78 is 11.5. The normalized spacial score (nSPS) is 11.8. The van der Waals surface area contributed by atoms with E-state index in [1.165, 1.54) is 5.56 Å². The summed E-state index contributed by atoms with van der Waals surface area (Å²) in [6.07, 6.45) is 1.26. The molecule has 0 aliphatic rings. The fraction of sp³-hybridized carbons (Fsp3) is 0.368. The molecule has 0 amide bonds. The molecule has 2 aromatic carbocycles. The molecule has 0 bridgehead atoms. The first-order valence-electron chi connectivity index (χ1n) is 7.87. The Morgan fingerprint density at radius 1 is 1.05 bits per heavy atom. The third kappa shape index (κ3) is 5.32. The van der Waals surface area contributed by atoms with Gasteiger partial charge in [-0.3, -0.25) is 0 Å². The van der Waals surface area contributed by atoms with Crippen LogP contribution in [-0.2, 0) is 0 Å². The van der Waals surface area contributed by atoms with E-state index in [9.17, 15) is 0 Å². The quantitative estimate of drug-likeness (QED) is 0.719. The number of hydrogen-bond acceptors (Lipinski definition) is 3. The molecule has 22 heavy (non-hydrogen) atoms. The highest BCUT2D eigenvalue weighted by molar-refractivity contribution is 5.46. The Morgan fingerprint density at radius 3 is 2.50 bits per heavy atom. The zero-order valence-corrected chi connectivity index (χ0v) is 13.6. The van der Waals surface area contributed by atoms with Crippen LogP contribution in [0.5, 0.6) is 11.5 Å². The number of nitrogens with one attached hydrogen (secondary N) is 1. The molecule has 0 spiro atoms. The van der Waals surface area contributed by atoms with Crippen LogP contribution in [0.15, 0.2) is 48.5 Å². The molecule has 0 aliphatic carbocycles. The van der Waals surface area contributed by atoms with E-state index in [2.05, 4.69) is 32.2 Å². The molecule has 0 aromatic heterocycles. The second-order valence-corrected chi connectivity index (χ2v) is 5.45. The lowest BCUT2D eigenvalue weighted by molar-refractivity contribution is 0.217. The highest BCUT2D eigenvalue weighted by Crippen LogP contribution is 2.17. The van der Waals surface area contributed by atoms with Crippen LogP contribution in [0.2, 0.25) is 0 Å². The second kappa shape index (κ2) is 8.32. The Hall–Kier alpha value is -2.16. The molecule has 118 valence electrons. The summed E-state index contributed by atoms with van der Waals surface area (Å²) in [5, 5.41) is 3.34. The third-order valence-corrected chi connectivity index (χ3v) is 3.46. The van der Waals surface area contributed by atoms with Crippen LogP contribution in [0, 0.1) is 6.92 Å². The molecule has 3 nitrogen and oxygen atoms in total. The lowest BCUT2D eigenvalue weighted by Crippen LogP contribution is -2.12. The van der Waals surface area contributed by atoms with Crippen LogP contribution >= 0.6 is 0 Å². The summed E-state index contributed by atoms with van der Waals surface area (Å²) in [7, 11) is 0. The molecule has 0 saturated heterocycles. The van der Waals surface area contributed by atoms with Crippen molar-refractivity contribution >= 4 is 5.69 Å². The maximum Gasteiger partial charge on any atom is 0.119 e. The minimum Gasteiger partial charge on any atom is -0.492 e. The molecule has 2 rings (SSSR count). The van der Waals surface area contributed by atoms with E-state index in [1.54, 1.807) is 0 Å². The number of rotatable bonds is 8. The summed E-state index contributed by atoms with van der Waals surface area (Å²) >= 11 is 0. The van der Waals surface area contributed by atoms with Gasteiger partial charge in [0.25, 0.3) is 0 Å². The van der Waals surface area contributed by atoms with Crippen molar-refractivity contribution < 1.29 is 9.47 Å². The van der Waals surface area contributed by atoms with Gasteiger partial charge in [-0.15, -0.1) is 0 Å². The van der Waals surface area contributed by atoms with Crippen molar-refractivity contribution in [3.05, 3.63) is 54.1 Å². The smallest absolute Gasteiger partial charge is 0.119 e. The van der Waals surface area contributed by atoms with E-state index < -0.39 is 0 Å². The third-order valence-electron chi connectivity index (χ3n) is 3.46. The summed E-state index contributed by atoms with van der Waals surface area (Å²) in [5.41, 5.74) is 2.28. The Balaban J connectivity index is 1.73. The van der Waals surface area contributed by atoms with Crippen LogP contribution < -0.4 is 14.8 Å². The molecule has 0 saturated carbocycles. The van der Waals surface area contributed by atoms with Crippen molar-refractivity contribution in [1.29, 1.82) is 0 Å². The van der Waals surface area contributed by atoms with Crippen molar-refractivity contribution in [1.82, 2.24) is 0 Å². The van der Waals surface area contributed by atoms with Crippen molar-refractivity contribution in [2.24, 2.45) is 0 Å². The van der Waals surface area contributed by atoms with Crippen LogP contribution in [0.4, 0.5) is 5.69 Å². The van der Waals surface area contributed by atoms with Crippen LogP contribution in [-0.4, -0.2) is 19.3 Å². The number of anilines is 1. The Bertz CT molecular complexity index is 566. The van der Waals surface area contributed by atoms with E-state index >= 15 is 0 Å². The lowest BCUT2D eigenvalue weighted by atomic mass is 10.2. The van der Waals surface area contributed by atoms with E-state index in [1.807, 2.05) is 42.5 Å². The largest absolute Gasteiger partial charge is 0.492 e. The van der Waals surface area contributed by atoms with E-state index in [4.69, 9.17) is 9.47 Å². The van der Waals surface area contributed by atoms with Gasteiger partial charge >= 0.3 is 0 Å². The monoisotopic (exact) mass is 299 g/mol. The van der Waals surface area contributed by atoms with Gasteiger partial charge in [-0.25, -0.2) is 0 Å². The van der Waals surface area contributed by atoms with Gasteiger partial charge in [-0.05, 0) is 62.2 Å². The predicted molar refractivity (Wildman–Crippen MR) is 92.0 cm³/mol. The fourth-order valence-corrected chi connectivity index (χ4v) is 2.04. The van der Waals surface area contributed by atoms with Crippen LogP contribution in [0.25, 0.3) is 0 Å². The van der Waals surface area contributed by atoms with Crippen LogP contribution in [0.1, 0.15) is 25.8 Å². The summed E-state index contributed by atoms with van der Waals surface area (Å²) in [4.78, 5) is 0. The molecule has 2 aromatic rings. The molecule has 0 heterocycles. The summed E-state index contributed by atoms with van der Waals surface area (Å²) in [5.74, 6) is 1.83. The SMILES string of the molecule is CCC(C)Oc1ccc(NCCOc2cccc(C)c2)cc1. The summed E-state index contributed by atoms with van der Waals surface area (Å²) in [6, 6.07) is 16.2. The number of benzene rings is 2. The van der Waals surface area contributed by atoms with Crippen molar-refractivity contribution in [2.45, 2.75) is 33.3 Å². The Labute approximate surface area is 133 Å². The van der Waals surface area contributed by atoms with Gasteiger partial charge in [-0.2, -0.15) is 0 Å². The van der Waals surface area contributed by atoms with Crippen molar-refractivity contribution in [2.75, 3.05) is 18.5 Å². The molecule has 0 fully saturated rings. The Morgan fingerprint density at radius 2 is 1.82 bits per heavy atom. The van der Waals surface area contributed by atoms with E-state index in [-0.39, 0.29) is 6.10 Å². The minimum atomic E-state index is 0.251. The average molecular weight is 299 g/mol. The van der Waals surface area contributed by atoms with Gasteiger partial charge < -0.3 is 14.8 Å². The van der Waals surface area contributed by atoms with Crippen molar-refractivity contribution in [3.63, 3.8) is 0 Å². The second-order valence-electron chi connectivity index (χ2n) is 5.45. The number of aryl methyl sites for hydroxylation is 1. The highest BCUT2D eigenvalue weighted by atomic mass is 16.5. The zero-order valence-electron chi connectivity index (χ0n) is 13.6. The van der Waals surface area contributed by atoms with Gasteiger partial charge in [0.05, 0.1) is 6.10 Å². The molecular formula is C19H25NO2. The molecule has 1 unspecified atom stereocenters. The van der Waals surface area contributed by atoms with E-state index in [0.29, 0.717) is 6.61 Å². The van der Waals surface area contributed by atoms with Gasteiger partial charge in [0.2, 0.25) is 0 Å². The molecule has 3 heteroatoms. The zero-order chi connectivity index (χ0) is 15.8. The fourth-order valence-electron chi connectivity index (χ4n) is 2.04. The maximum atomic E-state index is 5.76. The van der Waals surface area contributed by atoms with Gasteiger partial charge in [0.1, 0.15) is 18.1 Å². The number of ether oxygens (including phenoxy) is 2. The average Bonchev–Trinajstić information content (AvgIpc) is 2.53. The first kappa shape index (κ1) is 16.2. The molecular weight excluding hydrogens is 274 g/mol. The molecule has 0 radical (unpaired) electrons. The Kier molecular flexibility index (Phi) is 6.13.